The van der Waals surface area contributed by atoms with Gasteiger partial charge in [-0.3, -0.25) is 14.4 Å². The van der Waals surface area contributed by atoms with E-state index in [0.717, 1.165) is 69.2 Å². The van der Waals surface area contributed by atoms with Gasteiger partial charge in [0.2, 0.25) is 0 Å². The van der Waals surface area contributed by atoms with Crippen LogP contribution in [0.4, 0.5) is 4.79 Å². The quantitative estimate of drug-likeness (QED) is 0.335. The molecule has 0 spiro atoms. The van der Waals surface area contributed by atoms with Crippen molar-refractivity contribution in [3.05, 3.63) is 36.4 Å². The molecule has 3 heterocycles. The van der Waals surface area contributed by atoms with Gasteiger partial charge in [0, 0.05) is 37.1 Å². The molecule has 36 heavy (non-hydrogen) atoms. The number of carbonyl (C=O) groups excluding carboxylic acids is 2. The Balaban J connectivity index is 1.68. The molecule has 2 saturated heterocycles. The van der Waals surface area contributed by atoms with Crippen molar-refractivity contribution in [1.82, 2.24) is 15.5 Å². The van der Waals surface area contributed by atoms with Gasteiger partial charge in [-0.05, 0) is 43.0 Å². The Morgan fingerprint density at radius 2 is 1.89 bits per heavy atom. The Morgan fingerprint density at radius 3 is 2.56 bits per heavy atom. The molecular weight excluding hydrogens is 494 g/mol. The van der Waals surface area contributed by atoms with Gasteiger partial charge in [0.15, 0.2) is 23.4 Å². The van der Waals surface area contributed by atoms with Gasteiger partial charge in [-0.25, -0.2) is 13.2 Å². The van der Waals surface area contributed by atoms with Crippen molar-refractivity contribution in [3.8, 4) is 0 Å². The molecule has 0 aliphatic carbocycles. The minimum atomic E-state index is -3.79. The van der Waals surface area contributed by atoms with Crippen molar-refractivity contribution in [2.24, 2.45) is 5.73 Å². The summed E-state index contributed by atoms with van der Waals surface area (Å²) < 4.78 is 28.0. The lowest BCUT2D eigenvalue weighted by Crippen LogP contribution is -2.64. The smallest absolute Gasteiger partial charge is 0.319 e. The van der Waals surface area contributed by atoms with E-state index in [1.807, 2.05) is 0 Å². The number of nitrogens with two attached hydrogens (primary N) is 1. The van der Waals surface area contributed by atoms with Crippen LogP contribution in [-0.2, 0) is 14.6 Å². The maximum Gasteiger partial charge on any atom is 0.319 e. The van der Waals surface area contributed by atoms with E-state index in [9.17, 15) is 18.0 Å². The fraction of sp³-hybridized carbons (Fsp3) is 0.600. The summed E-state index contributed by atoms with van der Waals surface area (Å²) in [6, 6.07) is 5.79. The van der Waals surface area contributed by atoms with Gasteiger partial charge >= 0.3 is 5.91 Å². The Hall–Kier alpha value is -2.08. The fourth-order valence-electron chi connectivity index (χ4n) is 5.61. The second kappa shape index (κ2) is 10.7. The van der Waals surface area contributed by atoms with Gasteiger partial charge in [0.05, 0.1) is 30.8 Å². The SMILES string of the molecule is C[Si](C)(CCS(=O)(=O)C([CH]C(=O)[N+]1(C2CCNCC2)CCCCC1)c1ccc2[nH]ncc2c1)C(N)=O. The zero-order valence-electron chi connectivity index (χ0n) is 21.3. The zero-order chi connectivity index (χ0) is 26.0. The van der Waals surface area contributed by atoms with Crippen LogP contribution in [0.5, 0.6) is 0 Å². The van der Waals surface area contributed by atoms with Crippen LogP contribution in [0, 0.1) is 6.42 Å². The number of fused-ring (bicyclic) bond motifs is 1. The number of amides is 2. The van der Waals surface area contributed by atoms with Crippen LogP contribution in [0.3, 0.4) is 0 Å². The number of aromatic nitrogens is 2. The minimum Gasteiger partial charge on any atom is -0.374 e. The van der Waals surface area contributed by atoms with Gasteiger partial charge in [-0.2, -0.15) is 5.10 Å². The summed E-state index contributed by atoms with van der Waals surface area (Å²) in [4.78, 5) is 26.0. The molecule has 9 nitrogen and oxygen atoms in total. The van der Waals surface area contributed by atoms with E-state index in [1.54, 1.807) is 37.5 Å². The topological polar surface area (TPSA) is 135 Å². The van der Waals surface area contributed by atoms with Crippen LogP contribution in [0.2, 0.25) is 19.1 Å². The van der Waals surface area contributed by atoms with Crippen LogP contribution < -0.4 is 11.1 Å². The van der Waals surface area contributed by atoms with E-state index in [0.29, 0.717) is 10.0 Å². The van der Waals surface area contributed by atoms with Crippen LogP contribution in [-0.4, -0.2) is 80.6 Å². The summed E-state index contributed by atoms with van der Waals surface area (Å²) in [7, 11) is -6.34. The standard InChI is InChI=1S/C25H38N5O4SSi/c1-36(2,25(26)32)15-14-35(33,34)23(19-6-7-22-20(16-19)18-28-29-22)17-24(31)30(12-4-3-5-13-30)21-8-10-27-11-9-21/h6-7,16-18,21,23,27H,3-5,8-15H2,1-2H3,(H2-,26,28,29,32)/p+1. The van der Waals surface area contributed by atoms with Gasteiger partial charge < -0.3 is 11.1 Å². The third-order valence-corrected chi connectivity index (χ3v) is 13.4. The number of sulfone groups is 1. The van der Waals surface area contributed by atoms with Crippen LogP contribution >= 0.6 is 0 Å². The Labute approximate surface area is 214 Å². The second-order valence-corrected chi connectivity index (χ2v) is 18.0. The van der Waals surface area contributed by atoms with E-state index in [2.05, 4.69) is 15.5 Å². The molecule has 2 fully saturated rings. The lowest BCUT2D eigenvalue weighted by Gasteiger charge is -2.46. The minimum absolute atomic E-state index is 0.0890. The van der Waals surface area contributed by atoms with Crippen LogP contribution in [0.1, 0.15) is 42.9 Å². The molecule has 2 aromatic rings. The first-order chi connectivity index (χ1) is 17.1. The van der Waals surface area contributed by atoms with Crippen molar-refractivity contribution in [2.45, 2.75) is 62.5 Å². The molecular formula is C25H39N5O4SSi+. The predicted molar refractivity (Wildman–Crippen MR) is 144 cm³/mol. The Morgan fingerprint density at radius 1 is 1.19 bits per heavy atom. The summed E-state index contributed by atoms with van der Waals surface area (Å²) in [6.45, 7) is 6.85. The highest BCUT2D eigenvalue weighted by atomic mass is 32.2. The first kappa shape index (κ1) is 27.0. The van der Waals surface area contributed by atoms with E-state index < -0.39 is 28.7 Å². The predicted octanol–water partition coefficient (Wildman–Crippen LogP) is 2.87. The maximum absolute atomic E-state index is 14.1. The number of nitrogens with zero attached hydrogens (tertiary/aromatic N) is 2. The third kappa shape index (κ3) is 5.58. The fourth-order valence-corrected chi connectivity index (χ4v) is 10.2. The summed E-state index contributed by atoms with van der Waals surface area (Å²) in [5.74, 6) is -0.269. The number of likely N-dealkylation sites (tertiary alicyclic amines) is 1. The zero-order valence-corrected chi connectivity index (χ0v) is 23.1. The van der Waals surface area contributed by atoms with Crippen LogP contribution in [0.15, 0.2) is 24.4 Å². The molecule has 4 N–H and O–H groups in total. The van der Waals surface area contributed by atoms with Gasteiger partial charge in [0.1, 0.15) is 11.7 Å². The molecule has 4 rings (SSSR count). The highest BCUT2D eigenvalue weighted by Gasteiger charge is 2.47. The maximum atomic E-state index is 14.1. The number of quaternary nitrogens is 1. The number of carbonyl (C=O) groups is 2. The molecule has 0 saturated carbocycles. The molecule has 2 aliphatic rings. The third-order valence-electron chi connectivity index (χ3n) is 8.21. The van der Waals surface area contributed by atoms with Crippen molar-refractivity contribution in [1.29, 1.82) is 0 Å². The van der Waals surface area contributed by atoms with E-state index in [4.69, 9.17) is 5.73 Å². The number of primary amides is 1. The summed E-state index contributed by atoms with van der Waals surface area (Å²) >= 11 is 0. The van der Waals surface area contributed by atoms with Crippen molar-refractivity contribution < 1.29 is 22.5 Å². The molecule has 1 unspecified atom stereocenters. The highest BCUT2D eigenvalue weighted by molar-refractivity contribution is 7.91. The van der Waals surface area contributed by atoms with Crippen LogP contribution in [0.25, 0.3) is 10.9 Å². The Bertz CT molecular complexity index is 1200. The number of piperidine rings is 2. The normalized spacial score (nSPS) is 20.3. The number of rotatable bonds is 9. The van der Waals surface area contributed by atoms with E-state index in [-0.39, 0.29) is 23.7 Å². The van der Waals surface area contributed by atoms with Crippen molar-refractivity contribution in [3.63, 3.8) is 0 Å². The van der Waals surface area contributed by atoms with E-state index >= 15 is 0 Å². The number of hydrogen-bond donors (Lipinski definition) is 3. The molecule has 11 heteroatoms. The number of nitrogens with one attached hydrogen (secondary N) is 2. The average molecular weight is 534 g/mol. The molecule has 2 aliphatic heterocycles. The molecule has 197 valence electrons. The molecule has 1 aromatic carbocycles. The number of hydrogen-bond acceptors (Lipinski definition) is 6. The number of H-pyrrole nitrogens is 1. The molecule has 1 radical (unpaired) electrons. The summed E-state index contributed by atoms with van der Waals surface area (Å²) in [5.41, 5.74) is 6.51. The largest absolute Gasteiger partial charge is 0.374 e. The molecule has 1 aromatic heterocycles. The molecule has 1 atom stereocenters. The first-order valence-electron chi connectivity index (χ1n) is 13.0. The Kier molecular flexibility index (Phi) is 8.03. The lowest BCUT2D eigenvalue weighted by molar-refractivity contribution is -0.884. The van der Waals surface area contributed by atoms with Crippen molar-refractivity contribution >= 4 is 40.3 Å². The van der Waals surface area contributed by atoms with Gasteiger partial charge in [-0.15, -0.1) is 0 Å². The lowest BCUT2D eigenvalue weighted by atomic mass is 9.94. The van der Waals surface area contributed by atoms with Crippen molar-refractivity contribution in [2.75, 3.05) is 31.9 Å². The summed E-state index contributed by atoms with van der Waals surface area (Å²) in [5, 5.41) is 10.0. The number of aromatic amines is 1. The van der Waals surface area contributed by atoms with Gasteiger partial charge in [0.25, 0.3) is 0 Å². The monoisotopic (exact) mass is 533 g/mol. The average Bonchev–Trinajstić information content (AvgIpc) is 3.35. The number of benzene rings is 1. The molecule has 0 bridgehead atoms. The highest BCUT2D eigenvalue weighted by Crippen LogP contribution is 2.35. The van der Waals surface area contributed by atoms with E-state index in [1.165, 1.54) is 6.42 Å². The van der Waals surface area contributed by atoms with Gasteiger partial charge in [-0.1, -0.05) is 19.2 Å². The molecule has 2 amide bonds. The summed E-state index contributed by atoms with van der Waals surface area (Å²) in [6.07, 6.45) is 8.00. The first-order valence-corrected chi connectivity index (χ1v) is 17.9. The second-order valence-electron chi connectivity index (χ2n) is 11.0.